The molecule has 24 heavy (non-hydrogen) atoms. The largest absolute Gasteiger partial charge is 0.381 e. The van der Waals surface area contributed by atoms with Gasteiger partial charge in [0.1, 0.15) is 0 Å². The van der Waals surface area contributed by atoms with Gasteiger partial charge in [-0.3, -0.25) is 9.79 Å². The number of hydrogen-bond acceptors (Lipinski definition) is 4. The molecule has 1 fully saturated rings. The third kappa shape index (κ3) is 7.05. The van der Waals surface area contributed by atoms with Gasteiger partial charge in [-0.2, -0.15) is 0 Å². The van der Waals surface area contributed by atoms with E-state index in [0.717, 1.165) is 19.4 Å². The van der Waals surface area contributed by atoms with Crippen LogP contribution < -0.4 is 10.6 Å². The molecule has 0 atom stereocenters. The Morgan fingerprint density at radius 1 is 1.33 bits per heavy atom. The van der Waals surface area contributed by atoms with Crippen LogP contribution in [0.5, 0.6) is 0 Å². The fraction of sp³-hybridized carbons (Fsp3) is 0.882. The summed E-state index contributed by atoms with van der Waals surface area (Å²) in [6.45, 7) is 10.9. The van der Waals surface area contributed by atoms with E-state index in [0.29, 0.717) is 25.7 Å². The van der Waals surface area contributed by atoms with Crippen LogP contribution in [0, 0.1) is 0 Å². The third-order valence-electron chi connectivity index (χ3n) is 3.95. The lowest BCUT2D eigenvalue weighted by Gasteiger charge is -2.35. The summed E-state index contributed by atoms with van der Waals surface area (Å²) in [5, 5.41) is 6.21. The minimum atomic E-state index is -0.270. The maximum atomic E-state index is 12.1. The van der Waals surface area contributed by atoms with Crippen molar-refractivity contribution >= 4 is 11.9 Å². The zero-order valence-electron chi connectivity index (χ0n) is 16.1. The van der Waals surface area contributed by atoms with Crippen LogP contribution in [0.2, 0.25) is 0 Å². The number of guanidine groups is 1. The second-order valence-corrected chi connectivity index (χ2v) is 7.32. The Labute approximate surface area is 146 Å². The van der Waals surface area contributed by atoms with Crippen LogP contribution in [0.1, 0.15) is 40.5 Å². The van der Waals surface area contributed by atoms with Crippen LogP contribution in [0.4, 0.5) is 0 Å². The number of ether oxygens (including phenoxy) is 2. The number of methoxy groups -OCH3 is 1. The first-order valence-corrected chi connectivity index (χ1v) is 8.65. The van der Waals surface area contributed by atoms with E-state index in [1.807, 2.05) is 39.6 Å². The zero-order valence-corrected chi connectivity index (χ0v) is 16.1. The monoisotopic (exact) mass is 342 g/mol. The first-order chi connectivity index (χ1) is 11.2. The number of hydrogen-bond donors (Lipinski definition) is 2. The lowest BCUT2D eigenvalue weighted by atomic mass is 9.94. The highest BCUT2D eigenvalue weighted by Gasteiger charge is 2.32. The van der Waals surface area contributed by atoms with Crippen molar-refractivity contribution in [3.05, 3.63) is 0 Å². The van der Waals surface area contributed by atoms with E-state index in [9.17, 15) is 4.79 Å². The summed E-state index contributed by atoms with van der Waals surface area (Å²) in [5.41, 5.74) is -0.511. The van der Waals surface area contributed by atoms with E-state index in [4.69, 9.17) is 14.5 Å². The van der Waals surface area contributed by atoms with E-state index < -0.39 is 0 Å². The van der Waals surface area contributed by atoms with Gasteiger partial charge in [0, 0.05) is 52.3 Å². The van der Waals surface area contributed by atoms with E-state index >= 15 is 0 Å². The van der Waals surface area contributed by atoms with Crippen molar-refractivity contribution in [2.24, 2.45) is 4.99 Å². The van der Waals surface area contributed by atoms with Crippen molar-refractivity contribution in [2.75, 3.05) is 47.0 Å². The predicted octanol–water partition coefficient (Wildman–Crippen LogP) is 0.994. The minimum Gasteiger partial charge on any atom is -0.381 e. The number of rotatable bonds is 6. The summed E-state index contributed by atoms with van der Waals surface area (Å²) in [5.74, 6) is 0.688. The molecule has 1 aliphatic rings. The van der Waals surface area contributed by atoms with Crippen molar-refractivity contribution in [3.8, 4) is 0 Å². The summed E-state index contributed by atoms with van der Waals surface area (Å²) < 4.78 is 11.1. The highest BCUT2D eigenvalue weighted by molar-refractivity contribution is 5.86. The van der Waals surface area contributed by atoms with Crippen LogP contribution in [0.25, 0.3) is 0 Å². The highest BCUT2D eigenvalue weighted by atomic mass is 16.5. The molecule has 0 aliphatic carbocycles. The summed E-state index contributed by atoms with van der Waals surface area (Å²) in [7, 11) is 3.60. The van der Waals surface area contributed by atoms with Crippen LogP contribution >= 0.6 is 0 Å². The molecule has 7 nitrogen and oxygen atoms in total. The van der Waals surface area contributed by atoms with Gasteiger partial charge < -0.3 is 25.0 Å². The highest BCUT2D eigenvalue weighted by Crippen LogP contribution is 2.24. The first kappa shape index (κ1) is 20.7. The summed E-state index contributed by atoms with van der Waals surface area (Å²) in [6.07, 6.45) is 1.67. The molecule has 140 valence electrons. The van der Waals surface area contributed by atoms with E-state index in [1.54, 1.807) is 7.11 Å². The molecule has 0 unspecified atom stereocenters. The molecule has 0 saturated carbocycles. The van der Waals surface area contributed by atoms with Crippen molar-refractivity contribution in [2.45, 2.75) is 51.7 Å². The van der Waals surface area contributed by atoms with Gasteiger partial charge in [-0.25, -0.2) is 0 Å². The Morgan fingerprint density at radius 2 is 1.96 bits per heavy atom. The summed E-state index contributed by atoms with van der Waals surface area (Å²) >= 11 is 0. The molecular weight excluding hydrogens is 308 g/mol. The average molecular weight is 342 g/mol. The lowest BCUT2D eigenvalue weighted by molar-refractivity contribution is -0.122. The second kappa shape index (κ2) is 9.22. The Balaban J connectivity index is 2.71. The normalized spacial score (nSPS) is 18.2. The van der Waals surface area contributed by atoms with Gasteiger partial charge in [0.05, 0.1) is 18.7 Å². The Kier molecular flexibility index (Phi) is 7.96. The van der Waals surface area contributed by atoms with Crippen LogP contribution in [0.15, 0.2) is 4.99 Å². The number of carbonyl (C=O) groups is 1. The topological polar surface area (TPSA) is 75.2 Å². The van der Waals surface area contributed by atoms with Crippen molar-refractivity contribution in [1.29, 1.82) is 0 Å². The molecule has 1 amide bonds. The third-order valence-corrected chi connectivity index (χ3v) is 3.95. The van der Waals surface area contributed by atoms with Gasteiger partial charge in [0.25, 0.3) is 0 Å². The second-order valence-electron chi connectivity index (χ2n) is 7.32. The number of nitrogens with zero attached hydrogens (tertiary/aromatic N) is 2. The SMILES string of the molecule is CCNC(=NCC1(OC)CCOCC1)N(C)CC(=O)NC(C)(C)C. The molecule has 0 aromatic rings. The summed E-state index contributed by atoms with van der Waals surface area (Å²) in [6, 6.07) is 0. The molecule has 0 aromatic heterocycles. The molecule has 1 rings (SSSR count). The van der Waals surface area contributed by atoms with Gasteiger partial charge in [-0.05, 0) is 27.7 Å². The standard InChI is InChI=1S/C17H34N4O3/c1-7-18-15(21(5)12-14(22)20-16(2,3)4)19-13-17(23-6)8-10-24-11-9-17/h7-13H2,1-6H3,(H,18,19)(H,20,22). The molecule has 2 N–H and O–H groups in total. The van der Waals surface area contributed by atoms with Gasteiger partial charge in [-0.15, -0.1) is 0 Å². The minimum absolute atomic E-state index is 0.0249. The van der Waals surface area contributed by atoms with Gasteiger partial charge >= 0.3 is 0 Å². The number of nitrogens with one attached hydrogen (secondary N) is 2. The van der Waals surface area contributed by atoms with E-state index in [-0.39, 0.29) is 23.6 Å². The predicted molar refractivity (Wildman–Crippen MR) is 96.3 cm³/mol. The molecule has 0 bridgehead atoms. The van der Waals surface area contributed by atoms with Gasteiger partial charge in [0.2, 0.25) is 5.91 Å². The molecule has 1 heterocycles. The van der Waals surface area contributed by atoms with Gasteiger partial charge in [0.15, 0.2) is 5.96 Å². The zero-order chi connectivity index (χ0) is 18.2. The molecule has 0 radical (unpaired) electrons. The fourth-order valence-corrected chi connectivity index (χ4v) is 2.61. The van der Waals surface area contributed by atoms with Crippen LogP contribution in [0.3, 0.4) is 0 Å². The average Bonchev–Trinajstić information content (AvgIpc) is 2.50. The molecule has 1 saturated heterocycles. The lowest BCUT2D eigenvalue weighted by Crippen LogP contribution is -2.49. The molecular formula is C17H34N4O3. The number of carbonyl (C=O) groups excluding carboxylic acids is 1. The molecule has 7 heteroatoms. The van der Waals surface area contributed by atoms with Crippen molar-refractivity contribution in [3.63, 3.8) is 0 Å². The smallest absolute Gasteiger partial charge is 0.240 e. The van der Waals surface area contributed by atoms with Crippen LogP contribution in [-0.2, 0) is 14.3 Å². The Morgan fingerprint density at radius 3 is 2.46 bits per heavy atom. The quantitative estimate of drug-likeness (QED) is 0.556. The van der Waals surface area contributed by atoms with Crippen molar-refractivity contribution < 1.29 is 14.3 Å². The first-order valence-electron chi connectivity index (χ1n) is 8.65. The molecule has 0 spiro atoms. The van der Waals surface area contributed by atoms with Crippen molar-refractivity contribution in [1.82, 2.24) is 15.5 Å². The number of aliphatic imine (C=N–C) groups is 1. The van der Waals surface area contributed by atoms with E-state index in [1.165, 1.54) is 0 Å². The fourth-order valence-electron chi connectivity index (χ4n) is 2.61. The Hall–Kier alpha value is -1.34. The number of likely N-dealkylation sites (N-methyl/N-ethyl adjacent to an activating group) is 1. The molecule has 0 aromatic carbocycles. The van der Waals surface area contributed by atoms with Crippen LogP contribution in [-0.4, -0.2) is 74.9 Å². The molecule has 1 aliphatic heterocycles. The van der Waals surface area contributed by atoms with Gasteiger partial charge in [-0.1, -0.05) is 0 Å². The van der Waals surface area contributed by atoms with E-state index in [2.05, 4.69) is 10.6 Å². The maximum Gasteiger partial charge on any atom is 0.240 e. The summed E-state index contributed by atoms with van der Waals surface area (Å²) in [4.78, 5) is 18.7. The Bertz CT molecular complexity index is 426. The number of amides is 1. The maximum absolute atomic E-state index is 12.1.